The smallest absolute Gasteiger partial charge is 0.140 e. The first kappa shape index (κ1) is 35.0. The number of hydrogen-bond donors (Lipinski definition) is 0. The van der Waals surface area contributed by atoms with E-state index in [0.29, 0.717) is 0 Å². The maximum absolute atomic E-state index is 7.20. The van der Waals surface area contributed by atoms with Crippen LogP contribution in [-0.4, -0.2) is 0 Å². The SMILES string of the molecule is c1ccc(-c2ccc(N(c3ccc(-c4cccc5ccccc45)cc3)c3cccc4oc5c(C6(c7ccccc7)c7ccccc7-c7ccccc76)cccc5c34)cc2)cc1. The van der Waals surface area contributed by atoms with Gasteiger partial charge in [-0.3, -0.25) is 0 Å². The zero-order chi connectivity index (χ0) is 40.3. The van der Waals surface area contributed by atoms with Gasteiger partial charge in [0.05, 0.1) is 16.5 Å². The van der Waals surface area contributed by atoms with Crippen LogP contribution in [0.3, 0.4) is 0 Å². The zero-order valence-corrected chi connectivity index (χ0v) is 33.4. The lowest BCUT2D eigenvalue weighted by molar-refractivity contribution is 0.648. The minimum Gasteiger partial charge on any atom is -0.456 e. The van der Waals surface area contributed by atoms with Crippen LogP contribution >= 0.6 is 0 Å². The number of anilines is 3. The summed E-state index contributed by atoms with van der Waals surface area (Å²) < 4.78 is 7.20. The summed E-state index contributed by atoms with van der Waals surface area (Å²) in [6.45, 7) is 0. The first-order chi connectivity index (χ1) is 30.3. The summed E-state index contributed by atoms with van der Waals surface area (Å²) in [5.74, 6) is 0. The Kier molecular flexibility index (Phi) is 8.11. The Morgan fingerprint density at radius 2 is 0.852 bits per heavy atom. The second-order valence-electron chi connectivity index (χ2n) is 16.0. The summed E-state index contributed by atoms with van der Waals surface area (Å²) in [5, 5.41) is 4.64. The Morgan fingerprint density at radius 3 is 1.57 bits per heavy atom. The van der Waals surface area contributed by atoms with E-state index in [9.17, 15) is 0 Å². The van der Waals surface area contributed by atoms with Crippen molar-refractivity contribution in [3.63, 3.8) is 0 Å². The van der Waals surface area contributed by atoms with Crippen molar-refractivity contribution < 1.29 is 4.42 Å². The standard InChI is InChI=1S/C59H39NO/c1-3-16-40(17-4-1)41-32-36-45(37-33-41)60(46-38-34-43(35-39-46)48-25-13-19-42-18-7-8-22-47(42)48)55-30-15-31-56-57(55)51-26-14-29-54(58(51)61-56)59(44-20-5-2-6-21-44)52-27-11-9-23-49(52)50-24-10-12-28-53(50)59/h1-39H. The minimum atomic E-state index is -0.591. The third kappa shape index (κ3) is 5.43. The molecule has 0 spiro atoms. The minimum absolute atomic E-state index is 0.591. The molecule has 0 aliphatic heterocycles. The normalized spacial score (nSPS) is 12.7. The van der Waals surface area contributed by atoms with Gasteiger partial charge < -0.3 is 9.32 Å². The van der Waals surface area contributed by atoms with Crippen LogP contribution in [-0.2, 0) is 5.41 Å². The van der Waals surface area contributed by atoms with Crippen molar-refractivity contribution in [3.8, 4) is 33.4 Å². The topological polar surface area (TPSA) is 16.4 Å². The largest absolute Gasteiger partial charge is 0.456 e. The van der Waals surface area contributed by atoms with E-state index in [1.807, 2.05) is 0 Å². The first-order valence-electron chi connectivity index (χ1n) is 21.0. The number of para-hydroxylation sites is 1. The summed E-state index contributed by atoms with van der Waals surface area (Å²) in [5.41, 5.74) is 16.5. The highest BCUT2D eigenvalue weighted by molar-refractivity contribution is 6.15. The average Bonchev–Trinajstić information content (AvgIpc) is 3.87. The molecule has 0 amide bonds. The van der Waals surface area contributed by atoms with Crippen molar-refractivity contribution in [1.29, 1.82) is 0 Å². The van der Waals surface area contributed by atoms with E-state index < -0.39 is 5.41 Å². The highest BCUT2D eigenvalue weighted by Gasteiger charge is 2.47. The van der Waals surface area contributed by atoms with Crippen LogP contribution in [0, 0.1) is 0 Å². The van der Waals surface area contributed by atoms with Crippen molar-refractivity contribution >= 4 is 49.8 Å². The average molecular weight is 778 g/mol. The van der Waals surface area contributed by atoms with Crippen LogP contribution in [0.15, 0.2) is 241 Å². The molecular formula is C59H39NO. The summed E-state index contributed by atoms with van der Waals surface area (Å²) in [4.78, 5) is 2.39. The molecule has 0 saturated carbocycles. The number of rotatable bonds is 7. The van der Waals surface area contributed by atoms with Gasteiger partial charge >= 0.3 is 0 Å². The molecule has 61 heavy (non-hydrogen) atoms. The summed E-state index contributed by atoms with van der Waals surface area (Å²) in [7, 11) is 0. The van der Waals surface area contributed by atoms with E-state index in [-0.39, 0.29) is 0 Å². The lowest BCUT2D eigenvalue weighted by Crippen LogP contribution is -2.28. The fourth-order valence-electron chi connectivity index (χ4n) is 10.1. The number of fused-ring (bicyclic) bond motifs is 7. The molecular weight excluding hydrogens is 739 g/mol. The second-order valence-corrected chi connectivity index (χ2v) is 16.0. The molecule has 1 aliphatic rings. The third-order valence-corrected chi connectivity index (χ3v) is 12.8. The van der Waals surface area contributed by atoms with Gasteiger partial charge in [0.2, 0.25) is 0 Å². The molecule has 0 unspecified atom stereocenters. The van der Waals surface area contributed by atoms with Gasteiger partial charge in [0.15, 0.2) is 0 Å². The number of hydrogen-bond acceptors (Lipinski definition) is 2. The van der Waals surface area contributed by atoms with Crippen LogP contribution in [0.25, 0.3) is 66.1 Å². The molecule has 0 bridgehead atoms. The van der Waals surface area contributed by atoms with Crippen LogP contribution in [0.5, 0.6) is 0 Å². The first-order valence-corrected chi connectivity index (χ1v) is 21.0. The third-order valence-electron chi connectivity index (χ3n) is 12.8. The number of furan rings is 1. The van der Waals surface area contributed by atoms with E-state index in [2.05, 4.69) is 241 Å². The Balaban J connectivity index is 1.09. The van der Waals surface area contributed by atoms with Gasteiger partial charge in [-0.15, -0.1) is 0 Å². The van der Waals surface area contributed by atoms with Crippen molar-refractivity contribution in [2.45, 2.75) is 5.41 Å². The predicted octanol–water partition coefficient (Wildman–Crippen LogP) is 15.9. The second kappa shape index (κ2) is 14.1. The molecule has 1 heterocycles. The fourth-order valence-corrected chi connectivity index (χ4v) is 10.1. The molecule has 11 aromatic rings. The molecule has 0 radical (unpaired) electrons. The summed E-state index contributed by atoms with van der Waals surface area (Å²) in [6.07, 6.45) is 0. The fraction of sp³-hybridized carbons (Fsp3) is 0.0169. The van der Waals surface area contributed by atoms with E-state index in [0.717, 1.165) is 44.6 Å². The van der Waals surface area contributed by atoms with E-state index in [1.165, 1.54) is 60.8 Å². The van der Waals surface area contributed by atoms with E-state index in [4.69, 9.17) is 4.42 Å². The Hall–Kier alpha value is -7.94. The Labute approximate surface area is 355 Å². The highest BCUT2D eigenvalue weighted by atomic mass is 16.3. The van der Waals surface area contributed by atoms with E-state index >= 15 is 0 Å². The molecule has 1 aliphatic carbocycles. The number of nitrogens with zero attached hydrogens (tertiary/aromatic N) is 1. The maximum atomic E-state index is 7.20. The lowest BCUT2D eigenvalue weighted by atomic mass is 9.67. The van der Waals surface area contributed by atoms with Gasteiger partial charge in [-0.2, -0.15) is 0 Å². The Morgan fingerprint density at radius 1 is 0.344 bits per heavy atom. The van der Waals surface area contributed by atoms with Crippen LogP contribution in [0.4, 0.5) is 17.1 Å². The molecule has 0 fully saturated rings. The van der Waals surface area contributed by atoms with Gasteiger partial charge in [0.1, 0.15) is 11.2 Å². The van der Waals surface area contributed by atoms with Gasteiger partial charge in [0, 0.05) is 22.3 Å². The van der Waals surface area contributed by atoms with Crippen molar-refractivity contribution in [2.24, 2.45) is 0 Å². The maximum Gasteiger partial charge on any atom is 0.140 e. The van der Waals surface area contributed by atoms with Crippen LogP contribution in [0.1, 0.15) is 22.3 Å². The molecule has 0 atom stereocenters. The Bertz CT molecular complexity index is 3350. The molecule has 2 nitrogen and oxygen atoms in total. The molecule has 12 rings (SSSR count). The molecule has 0 saturated heterocycles. The lowest BCUT2D eigenvalue weighted by Gasteiger charge is -2.33. The number of benzene rings is 10. The molecule has 0 N–H and O–H groups in total. The zero-order valence-electron chi connectivity index (χ0n) is 33.4. The molecule has 2 heteroatoms. The van der Waals surface area contributed by atoms with Crippen molar-refractivity contribution in [3.05, 3.63) is 259 Å². The predicted molar refractivity (Wildman–Crippen MR) is 254 cm³/mol. The molecule has 286 valence electrons. The van der Waals surface area contributed by atoms with Gasteiger partial charge in [-0.25, -0.2) is 0 Å². The van der Waals surface area contributed by atoms with Gasteiger partial charge in [0.25, 0.3) is 0 Å². The van der Waals surface area contributed by atoms with Crippen LogP contribution in [0.2, 0.25) is 0 Å². The van der Waals surface area contributed by atoms with Crippen LogP contribution < -0.4 is 4.90 Å². The summed E-state index contributed by atoms with van der Waals surface area (Å²) >= 11 is 0. The molecule has 1 aromatic heterocycles. The quantitative estimate of drug-likeness (QED) is 0.160. The highest BCUT2D eigenvalue weighted by Crippen LogP contribution is 2.58. The van der Waals surface area contributed by atoms with E-state index in [1.54, 1.807) is 0 Å². The molecule has 10 aromatic carbocycles. The van der Waals surface area contributed by atoms with Gasteiger partial charge in [-0.05, 0) is 97.2 Å². The van der Waals surface area contributed by atoms with Gasteiger partial charge in [-0.1, -0.05) is 200 Å². The summed E-state index contributed by atoms with van der Waals surface area (Å²) in [6, 6.07) is 85.7. The monoisotopic (exact) mass is 777 g/mol. The van der Waals surface area contributed by atoms with Crippen molar-refractivity contribution in [2.75, 3.05) is 4.90 Å². The van der Waals surface area contributed by atoms with Crippen molar-refractivity contribution in [1.82, 2.24) is 0 Å².